The fraction of sp³-hybridized carbons (Fsp3) is 0.750. The molecule has 0 aromatic heterocycles. The van der Waals surface area contributed by atoms with Crippen molar-refractivity contribution in [3.8, 4) is 0 Å². The maximum atomic E-state index is 11.6. The number of amides is 1. The number of hydrogen-bond donors (Lipinski definition) is 0. The summed E-state index contributed by atoms with van der Waals surface area (Å²) < 4.78 is 0. The predicted octanol–water partition coefficient (Wildman–Crippen LogP) is 1.50. The smallest absolute Gasteiger partial charge is 0.246 e. The molecule has 1 atom stereocenters. The van der Waals surface area contributed by atoms with Gasteiger partial charge in [-0.2, -0.15) is 0 Å². The van der Waals surface area contributed by atoms with Crippen LogP contribution in [0.4, 0.5) is 0 Å². The van der Waals surface area contributed by atoms with Crippen molar-refractivity contribution < 1.29 is 4.79 Å². The lowest BCUT2D eigenvalue weighted by atomic mass is 10.1. The molecular weight excluding hydrogens is 188 g/mol. The molecule has 0 aromatic rings. The maximum Gasteiger partial charge on any atom is 0.246 e. The molecule has 0 radical (unpaired) electrons. The molecule has 0 N–H and O–H groups in total. The monoisotopic (exact) mass is 210 g/mol. The van der Waals surface area contributed by atoms with Gasteiger partial charge in [-0.3, -0.25) is 9.69 Å². The molecule has 1 amide bonds. The molecule has 0 spiro atoms. The van der Waals surface area contributed by atoms with E-state index >= 15 is 0 Å². The van der Waals surface area contributed by atoms with Gasteiger partial charge in [-0.15, -0.1) is 0 Å². The lowest BCUT2D eigenvalue weighted by Crippen LogP contribution is -2.56. The van der Waals surface area contributed by atoms with Crippen LogP contribution < -0.4 is 0 Å². The van der Waals surface area contributed by atoms with E-state index in [-0.39, 0.29) is 5.91 Å². The van der Waals surface area contributed by atoms with E-state index in [0.717, 1.165) is 26.1 Å². The highest BCUT2D eigenvalue weighted by atomic mass is 16.2. The molecule has 0 saturated carbocycles. The molecule has 1 aliphatic rings. The van der Waals surface area contributed by atoms with Crippen molar-refractivity contribution in [1.29, 1.82) is 0 Å². The van der Waals surface area contributed by atoms with Gasteiger partial charge in [0, 0.05) is 31.7 Å². The van der Waals surface area contributed by atoms with Crippen molar-refractivity contribution in [1.82, 2.24) is 9.80 Å². The summed E-state index contributed by atoms with van der Waals surface area (Å²) in [6, 6.07) is 0.923. The van der Waals surface area contributed by atoms with Gasteiger partial charge in [0.2, 0.25) is 5.91 Å². The topological polar surface area (TPSA) is 23.6 Å². The molecular formula is C12H22N2O. The van der Waals surface area contributed by atoms with Gasteiger partial charge in [0.15, 0.2) is 0 Å². The van der Waals surface area contributed by atoms with Gasteiger partial charge in [0.05, 0.1) is 0 Å². The maximum absolute atomic E-state index is 11.6. The van der Waals surface area contributed by atoms with Crippen LogP contribution in [0, 0.1) is 0 Å². The molecule has 86 valence electrons. The second-order valence-corrected chi connectivity index (χ2v) is 4.39. The van der Waals surface area contributed by atoms with E-state index in [1.54, 1.807) is 0 Å². The third-order valence-corrected chi connectivity index (χ3v) is 3.17. The summed E-state index contributed by atoms with van der Waals surface area (Å²) in [4.78, 5) is 16.0. The van der Waals surface area contributed by atoms with E-state index < -0.39 is 0 Å². The minimum Gasteiger partial charge on any atom is -0.334 e. The van der Waals surface area contributed by atoms with E-state index in [0.29, 0.717) is 12.1 Å². The lowest BCUT2D eigenvalue weighted by molar-refractivity contribution is -0.131. The quantitative estimate of drug-likeness (QED) is 0.659. The molecule has 15 heavy (non-hydrogen) atoms. The minimum atomic E-state index is 0.0743. The van der Waals surface area contributed by atoms with Gasteiger partial charge in [-0.1, -0.05) is 13.5 Å². The average Bonchev–Trinajstić information content (AvgIpc) is 2.27. The Morgan fingerprint density at radius 3 is 2.67 bits per heavy atom. The first-order chi connectivity index (χ1) is 7.10. The van der Waals surface area contributed by atoms with Crippen LogP contribution in [0.2, 0.25) is 0 Å². The van der Waals surface area contributed by atoms with Crippen LogP contribution in [-0.2, 0) is 4.79 Å². The summed E-state index contributed by atoms with van der Waals surface area (Å²) in [7, 11) is 0. The van der Waals surface area contributed by atoms with Crippen molar-refractivity contribution in [3.63, 3.8) is 0 Å². The normalized spacial score (nSPS) is 23.2. The first-order valence-corrected chi connectivity index (χ1v) is 5.77. The molecule has 3 heteroatoms. The van der Waals surface area contributed by atoms with Gasteiger partial charge in [0.25, 0.3) is 0 Å². The second kappa shape index (κ2) is 5.31. The highest BCUT2D eigenvalue weighted by Crippen LogP contribution is 2.15. The summed E-state index contributed by atoms with van der Waals surface area (Å²) in [5, 5.41) is 0. The zero-order valence-corrected chi connectivity index (χ0v) is 10.1. The molecule has 0 aromatic carbocycles. The van der Waals surface area contributed by atoms with Gasteiger partial charge < -0.3 is 4.90 Å². The Labute approximate surface area is 92.7 Å². The number of piperazine rings is 1. The lowest BCUT2D eigenvalue weighted by Gasteiger charge is -2.42. The van der Waals surface area contributed by atoms with Gasteiger partial charge in [-0.25, -0.2) is 0 Å². The molecule has 0 unspecified atom stereocenters. The molecule has 1 heterocycles. The van der Waals surface area contributed by atoms with Gasteiger partial charge in [0.1, 0.15) is 0 Å². The molecule has 1 saturated heterocycles. The minimum absolute atomic E-state index is 0.0743. The van der Waals surface area contributed by atoms with Crippen molar-refractivity contribution in [3.05, 3.63) is 12.7 Å². The Balaban J connectivity index is 2.64. The second-order valence-electron chi connectivity index (χ2n) is 4.39. The molecule has 3 nitrogen and oxygen atoms in total. The van der Waals surface area contributed by atoms with E-state index in [4.69, 9.17) is 0 Å². The zero-order chi connectivity index (χ0) is 11.4. The summed E-state index contributed by atoms with van der Waals surface area (Å²) in [6.45, 7) is 12.9. The summed E-state index contributed by atoms with van der Waals surface area (Å²) in [5.74, 6) is 0.0743. The summed E-state index contributed by atoms with van der Waals surface area (Å²) >= 11 is 0. The van der Waals surface area contributed by atoms with Crippen LogP contribution >= 0.6 is 0 Å². The Bertz CT molecular complexity index is 238. The molecule has 0 aliphatic carbocycles. The van der Waals surface area contributed by atoms with Gasteiger partial charge >= 0.3 is 0 Å². The fourth-order valence-corrected chi connectivity index (χ4v) is 2.11. The van der Waals surface area contributed by atoms with E-state index in [2.05, 4.69) is 32.3 Å². The highest BCUT2D eigenvalue weighted by Gasteiger charge is 2.28. The van der Waals surface area contributed by atoms with Crippen molar-refractivity contribution in [2.45, 2.75) is 39.3 Å². The van der Waals surface area contributed by atoms with Crippen molar-refractivity contribution in [2.75, 3.05) is 19.6 Å². The van der Waals surface area contributed by atoms with Gasteiger partial charge in [-0.05, 0) is 26.3 Å². The molecule has 0 bridgehead atoms. The predicted molar refractivity (Wildman–Crippen MR) is 62.7 cm³/mol. The third-order valence-electron chi connectivity index (χ3n) is 3.17. The van der Waals surface area contributed by atoms with Crippen LogP contribution in [0.25, 0.3) is 0 Å². The number of nitrogens with zero attached hydrogens (tertiary/aromatic N) is 2. The van der Waals surface area contributed by atoms with Crippen LogP contribution in [0.1, 0.15) is 27.2 Å². The van der Waals surface area contributed by atoms with Crippen LogP contribution in [0.5, 0.6) is 0 Å². The zero-order valence-electron chi connectivity index (χ0n) is 10.1. The number of hydrogen-bond acceptors (Lipinski definition) is 2. The Morgan fingerprint density at radius 1 is 1.53 bits per heavy atom. The van der Waals surface area contributed by atoms with Crippen LogP contribution in [0.3, 0.4) is 0 Å². The Morgan fingerprint density at radius 2 is 2.20 bits per heavy atom. The highest BCUT2D eigenvalue weighted by molar-refractivity contribution is 5.87. The van der Waals surface area contributed by atoms with Crippen molar-refractivity contribution >= 4 is 5.91 Å². The largest absolute Gasteiger partial charge is 0.334 e. The SMILES string of the molecule is C=CC(=O)N1CCN(C(C)C)C[C@H]1CC. The molecule has 1 fully saturated rings. The van der Waals surface area contributed by atoms with Crippen LogP contribution in [-0.4, -0.2) is 47.4 Å². The fourth-order valence-electron chi connectivity index (χ4n) is 2.11. The van der Waals surface area contributed by atoms with E-state index in [1.165, 1.54) is 6.08 Å². The number of rotatable bonds is 3. The Kier molecular flexibility index (Phi) is 4.33. The van der Waals surface area contributed by atoms with Crippen molar-refractivity contribution in [2.24, 2.45) is 0 Å². The van der Waals surface area contributed by atoms with E-state index in [9.17, 15) is 4.79 Å². The first-order valence-electron chi connectivity index (χ1n) is 5.77. The summed E-state index contributed by atoms with van der Waals surface area (Å²) in [5.41, 5.74) is 0. The number of carbonyl (C=O) groups excluding carboxylic acids is 1. The first kappa shape index (κ1) is 12.2. The third kappa shape index (κ3) is 2.81. The van der Waals surface area contributed by atoms with Crippen LogP contribution in [0.15, 0.2) is 12.7 Å². The molecule has 1 rings (SSSR count). The summed E-state index contributed by atoms with van der Waals surface area (Å²) in [6.07, 6.45) is 2.44. The molecule has 1 aliphatic heterocycles. The Hall–Kier alpha value is -0.830. The standard InChI is InChI=1S/C12H22N2O/c1-5-11-9-13(10(3)4)7-8-14(11)12(15)6-2/h6,10-11H,2,5,7-9H2,1,3-4H3/t11-/m1/s1. The van der Waals surface area contributed by atoms with E-state index in [1.807, 2.05) is 4.90 Å². The number of carbonyl (C=O) groups is 1. The average molecular weight is 210 g/mol.